The third kappa shape index (κ3) is 1.10. The number of fused-ring (bicyclic) bond motifs is 6. The van der Waals surface area contributed by atoms with Gasteiger partial charge in [-0.05, 0) is 0 Å². The Morgan fingerprint density at radius 1 is 1.39 bits per heavy atom. The van der Waals surface area contributed by atoms with Gasteiger partial charge in [-0.3, -0.25) is 0 Å². The number of aliphatic hydroxyl groups is 2. The van der Waals surface area contributed by atoms with Gasteiger partial charge in [0, 0.05) is 6.42 Å². The first-order chi connectivity index (χ1) is 8.66. The van der Waals surface area contributed by atoms with E-state index in [2.05, 4.69) is 15.3 Å². The van der Waals surface area contributed by atoms with Crippen molar-refractivity contribution in [1.82, 2.24) is 15.3 Å². The minimum atomic E-state index is -0.896. The summed E-state index contributed by atoms with van der Waals surface area (Å²) in [7, 11) is 0. The molecular formula is C10H12N5O3. The third-order valence-corrected chi connectivity index (χ3v) is 3.71. The van der Waals surface area contributed by atoms with Gasteiger partial charge in [-0.15, -0.1) is 0 Å². The van der Waals surface area contributed by atoms with Gasteiger partial charge >= 0.3 is 0 Å². The first-order valence-corrected chi connectivity index (χ1v) is 5.78. The largest absolute Gasteiger partial charge is 0.390 e. The van der Waals surface area contributed by atoms with Crippen LogP contribution < -0.4 is 16.0 Å². The highest BCUT2D eigenvalue weighted by Gasteiger charge is 2.56. The van der Waals surface area contributed by atoms with E-state index < -0.39 is 24.5 Å². The number of nitrogen functional groups attached to an aromatic ring is 1. The highest BCUT2D eigenvalue weighted by molar-refractivity contribution is 5.76. The lowest BCUT2D eigenvalue weighted by Gasteiger charge is -2.38. The number of aromatic nitrogens is 2. The number of nitrogens with two attached hydrogens (primary N) is 1. The van der Waals surface area contributed by atoms with Crippen molar-refractivity contribution in [1.29, 1.82) is 0 Å². The van der Waals surface area contributed by atoms with Crippen molar-refractivity contribution in [2.45, 2.75) is 37.1 Å². The summed E-state index contributed by atoms with van der Waals surface area (Å²) in [5.41, 5.74) is 6.25. The zero-order chi connectivity index (χ0) is 12.4. The Balaban J connectivity index is 1.82. The summed E-state index contributed by atoms with van der Waals surface area (Å²) in [5, 5.41) is 24.4. The lowest BCUT2D eigenvalue weighted by molar-refractivity contribution is -0.107. The first-order valence-electron chi connectivity index (χ1n) is 5.78. The number of aliphatic hydroxyl groups excluding tert-OH is 2. The van der Waals surface area contributed by atoms with E-state index in [1.54, 1.807) is 4.90 Å². The van der Waals surface area contributed by atoms with Crippen LogP contribution in [-0.2, 0) is 4.74 Å². The molecule has 18 heavy (non-hydrogen) atoms. The molecular weight excluding hydrogens is 238 g/mol. The van der Waals surface area contributed by atoms with Crippen LogP contribution in [0.2, 0.25) is 0 Å². The van der Waals surface area contributed by atoms with Crippen LogP contribution >= 0.6 is 0 Å². The van der Waals surface area contributed by atoms with Crippen molar-refractivity contribution >= 4 is 17.3 Å². The second-order valence-corrected chi connectivity index (χ2v) is 4.73. The van der Waals surface area contributed by atoms with Crippen LogP contribution in [0, 0.1) is 0 Å². The van der Waals surface area contributed by atoms with Crippen LogP contribution in [0.1, 0.15) is 6.42 Å². The maximum atomic E-state index is 10.2. The Hall–Kier alpha value is -1.64. The molecule has 3 aliphatic rings. The number of rotatable bonds is 0. The van der Waals surface area contributed by atoms with Gasteiger partial charge in [0.1, 0.15) is 30.5 Å². The standard InChI is InChI=1S/C10H12N5O3/c11-8-5-9(13-2-12-8)15-4-1-3(16)7(18-4)6(17)10(15)14-5/h2-4,6-7,10,16-17H,1H2,(H2,11,12,13)/t3-,4+,6-,7-,10-/m0/s1. The molecule has 3 aliphatic heterocycles. The second-order valence-electron chi connectivity index (χ2n) is 4.73. The molecule has 8 nitrogen and oxygen atoms in total. The fourth-order valence-electron chi connectivity index (χ4n) is 2.89. The van der Waals surface area contributed by atoms with Crippen LogP contribution in [0.25, 0.3) is 0 Å². The summed E-state index contributed by atoms with van der Waals surface area (Å²) in [5.74, 6) is 0.849. The van der Waals surface area contributed by atoms with Gasteiger partial charge in [0.15, 0.2) is 17.8 Å². The normalized spacial score (nSPS) is 40.3. The van der Waals surface area contributed by atoms with Crippen molar-refractivity contribution in [3.05, 3.63) is 6.33 Å². The third-order valence-electron chi connectivity index (χ3n) is 3.71. The van der Waals surface area contributed by atoms with Gasteiger partial charge in [0.2, 0.25) is 0 Å². The van der Waals surface area contributed by atoms with Crippen molar-refractivity contribution < 1.29 is 14.9 Å². The lowest BCUT2D eigenvalue weighted by Crippen LogP contribution is -2.58. The molecule has 0 unspecified atom stereocenters. The molecule has 4 rings (SSSR count). The van der Waals surface area contributed by atoms with E-state index in [4.69, 9.17) is 10.5 Å². The molecule has 8 heteroatoms. The highest BCUT2D eigenvalue weighted by Crippen LogP contribution is 2.45. The molecule has 2 fully saturated rings. The fourth-order valence-corrected chi connectivity index (χ4v) is 2.89. The molecule has 4 heterocycles. The maximum Gasteiger partial charge on any atom is 0.163 e. The zero-order valence-electron chi connectivity index (χ0n) is 9.34. The Labute approximate surface area is 102 Å². The van der Waals surface area contributed by atoms with Crippen molar-refractivity contribution in [2.75, 3.05) is 10.6 Å². The Bertz CT molecular complexity index is 512. The Kier molecular flexibility index (Phi) is 1.84. The van der Waals surface area contributed by atoms with E-state index in [1.165, 1.54) is 6.33 Å². The minimum absolute atomic E-state index is 0.290. The molecule has 0 spiro atoms. The zero-order valence-corrected chi connectivity index (χ0v) is 9.34. The smallest absolute Gasteiger partial charge is 0.163 e. The number of ether oxygens (including phenoxy) is 1. The molecule has 2 bridgehead atoms. The molecule has 2 saturated heterocycles. The molecule has 0 saturated carbocycles. The summed E-state index contributed by atoms with van der Waals surface area (Å²) in [6.45, 7) is 0. The Morgan fingerprint density at radius 3 is 3.06 bits per heavy atom. The van der Waals surface area contributed by atoms with Crippen LogP contribution in [0.4, 0.5) is 17.3 Å². The minimum Gasteiger partial charge on any atom is -0.390 e. The van der Waals surface area contributed by atoms with E-state index in [0.717, 1.165) is 0 Å². The average molecular weight is 250 g/mol. The highest BCUT2D eigenvalue weighted by atomic mass is 16.6. The predicted octanol–water partition coefficient (Wildman–Crippen LogP) is -1.71. The van der Waals surface area contributed by atoms with Gasteiger partial charge in [-0.25, -0.2) is 15.3 Å². The van der Waals surface area contributed by atoms with E-state index in [-0.39, 0.29) is 12.0 Å². The molecule has 4 N–H and O–H groups in total. The maximum absolute atomic E-state index is 10.2. The monoisotopic (exact) mass is 250 g/mol. The summed E-state index contributed by atoms with van der Waals surface area (Å²) >= 11 is 0. The van der Waals surface area contributed by atoms with Crippen molar-refractivity contribution in [2.24, 2.45) is 0 Å². The molecule has 1 aromatic rings. The average Bonchev–Trinajstić information content (AvgIpc) is 2.88. The van der Waals surface area contributed by atoms with E-state index >= 15 is 0 Å². The first kappa shape index (κ1) is 10.3. The molecule has 0 aliphatic carbocycles. The second kappa shape index (κ2) is 3.22. The van der Waals surface area contributed by atoms with Gasteiger partial charge < -0.3 is 25.6 Å². The van der Waals surface area contributed by atoms with E-state index in [0.29, 0.717) is 17.9 Å². The SMILES string of the molecule is Nc1ncnc2c1[N][C@@H]1[C@@H](O)[C@H]3O[C@H](C[C@@H]3O)N21. The van der Waals surface area contributed by atoms with E-state index in [1.807, 2.05) is 0 Å². The number of hydrogen-bond donors (Lipinski definition) is 3. The molecule has 0 aromatic carbocycles. The van der Waals surface area contributed by atoms with Crippen molar-refractivity contribution in [3.8, 4) is 0 Å². The Morgan fingerprint density at radius 2 is 2.22 bits per heavy atom. The molecule has 1 aromatic heterocycles. The molecule has 5 atom stereocenters. The number of hydrogen-bond acceptors (Lipinski definition) is 7. The van der Waals surface area contributed by atoms with Gasteiger partial charge in [0.25, 0.3) is 0 Å². The number of nitrogens with zero attached hydrogens (tertiary/aromatic N) is 4. The van der Waals surface area contributed by atoms with Gasteiger partial charge in [-0.2, -0.15) is 0 Å². The van der Waals surface area contributed by atoms with Gasteiger partial charge in [0.05, 0.1) is 6.10 Å². The lowest BCUT2D eigenvalue weighted by atomic mass is 10.1. The van der Waals surface area contributed by atoms with Crippen LogP contribution in [0.3, 0.4) is 0 Å². The molecule has 1 radical (unpaired) electrons. The summed E-state index contributed by atoms with van der Waals surface area (Å²) in [6, 6.07) is 0. The topological polar surface area (TPSA) is 119 Å². The quantitative estimate of drug-likeness (QED) is 0.501. The van der Waals surface area contributed by atoms with Crippen LogP contribution in [0.15, 0.2) is 6.33 Å². The number of anilines is 2. The van der Waals surface area contributed by atoms with E-state index in [9.17, 15) is 10.2 Å². The van der Waals surface area contributed by atoms with Crippen LogP contribution in [-0.4, -0.2) is 50.9 Å². The molecule has 0 amide bonds. The summed E-state index contributed by atoms with van der Waals surface area (Å²) in [6.07, 6.45) is -1.20. The summed E-state index contributed by atoms with van der Waals surface area (Å²) in [4.78, 5) is 9.80. The van der Waals surface area contributed by atoms with Crippen LogP contribution in [0.5, 0.6) is 0 Å². The predicted molar refractivity (Wildman–Crippen MR) is 59.8 cm³/mol. The summed E-state index contributed by atoms with van der Waals surface area (Å²) < 4.78 is 5.60. The fraction of sp³-hybridized carbons (Fsp3) is 0.600. The van der Waals surface area contributed by atoms with Gasteiger partial charge in [-0.1, -0.05) is 0 Å². The molecule has 95 valence electrons. The van der Waals surface area contributed by atoms with Crippen molar-refractivity contribution in [3.63, 3.8) is 0 Å².